The quantitative estimate of drug-likeness (QED) is 0.867. The van der Waals surface area contributed by atoms with Crippen molar-refractivity contribution in [3.8, 4) is 5.75 Å². The molecule has 0 bridgehead atoms. The van der Waals surface area contributed by atoms with Crippen LogP contribution in [0, 0.1) is 11.8 Å². The zero-order chi connectivity index (χ0) is 13.8. The van der Waals surface area contributed by atoms with Gasteiger partial charge in [0, 0.05) is 6.07 Å². The summed E-state index contributed by atoms with van der Waals surface area (Å²) in [6.07, 6.45) is 0. The van der Waals surface area contributed by atoms with Crippen molar-refractivity contribution in [2.45, 2.75) is 0 Å². The number of anilines is 1. The number of carbonyl (C=O) groups is 1. The molecule has 6 heteroatoms. The molecule has 0 saturated carbocycles. The minimum absolute atomic E-state index is 0.0598. The van der Waals surface area contributed by atoms with E-state index in [1.54, 1.807) is 0 Å². The maximum Gasteiger partial charge on any atom is 0.274 e. The monoisotopic (exact) mass is 264 g/mol. The van der Waals surface area contributed by atoms with Crippen LogP contribution in [0.3, 0.4) is 0 Å². The van der Waals surface area contributed by atoms with Gasteiger partial charge in [-0.1, -0.05) is 6.07 Å². The zero-order valence-corrected chi connectivity index (χ0v) is 9.98. The number of ether oxygens (including phenoxy) is 1. The number of methoxy groups -OCH3 is 1. The number of nitrogens with zero attached hydrogens (tertiary/aromatic N) is 1. The van der Waals surface area contributed by atoms with Gasteiger partial charge in [0.1, 0.15) is 17.3 Å². The number of carbonyl (C=O) groups excluding carboxylic acids is 1. The fourth-order valence-electron chi connectivity index (χ4n) is 1.45. The second kappa shape index (κ2) is 5.43. The molecular formula is C13H10F2N2O2. The summed E-state index contributed by atoms with van der Waals surface area (Å²) in [5.41, 5.74) is -0.197. The highest BCUT2D eigenvalue weighted by molar-refractivity contribution is 6.02. The summed E-state index contributed by atoms with van der Waals surface area (Å²) in [7, 11) is 1.42. The van der Waals surface area contributed by atoms with E-state index in [2.05, 4.69) is 10.3 Å². The number of aromatic nitrogens is 1. The minimum atomic E-state index is -0.779. The average molecular weight is 264 g/mol. The van der Waals surface area contributed by atoms with E-state index in [9.17, 15) is 13.6 Å². The normalized spacial score (nSPS) is 10.1. The molecule has 2 rings (SSSR count). The molecule has 1 heterocycles. The van der Waals surface area contributed by atoms with Crippen molar-refractivity contribution in [1.29, 1.82) is 0 Å². The van der Waals surface area contributed by atoms with Gasteiger partial charge in [-0.15, -0.1) is 0 Å². The maximum absolute atomic E-state index is 13.5. The topological polar surface area (TPSA) is 51.2 Å². The van der Waals surface area contributed by atoms with Crippen LogP contribution in [0.25, 0.3) is 0 Å². The third-order valence-corrected chi connectivity index (χ3v) is 2.37. The molecule has 0 atom stereocenters. The summed E-state index contributed by atoms with van der Waals surface area (Å²) in [6.45, 7) is 0. The van der Waals surface area contributed by atoms with Crippen LogP contribution in [0.1, 0.15) is 10.5 Å². The number of rotatable bonds is 3. The van der Waals surface area contributed by atoms with Crippen molar-refractivity contribution in [3.63, 3.8) is 0 Å². The molecule has 19 heavy (non-hydrogen) atoms. The first kappa shape index (κ1) is 12.9. The van der Waals surface area contributed by atoms with Crippen LogP contribution in [0.2, 0.25) is 0 Å². The second-order valence-corrected chi connectivity index (χ2v) is 3.65. The van der Waals surface area contributed by atoms with Crippen LogP contribution in [0.4, 0.5) is 14.5 Å². The number of hydrogen-bond acceptors (Lipinski definition) is 3. The molecule has 0 aliphatic carbocycles. The fourth-order valence-corrected chi connectivity index (χ4v) is 1.45. The van der Waals surface area contributed by atoms with Gasteiger partial charge in [-0.05, 0) is 24.3 Å². The highest BCUT2D eigenvalue weighted by Crippen LogP contribution is 2.21. The third-order valence-electron chi connectivity index (χ3n) is 2.37. The lowest BCUT2D eigenvalue weighted by molar-refractivity contribution is 0.102. The summed E-state index contributed by atoms with van der Waals surface area (Å²) in [5.74, 6) is -1.71. The molecular weight excluding hydrogens is 254 g/mol. The number of hydrogen-bond donors (Lipinski definition) is 1. The van der Waals surface area contributed by atoms with Gasteiger partial charge in [-0.3, -0.25) is 4.79 Å². The molecule has 98 valence electrons. The molecule has 0 saturated heterocycles. The van der Waals surface area contributed by atoms with Crippen LogP contribution in [0.5, 0.6) is 5.75 Å². The Hall–Kier alpha value is -2.50. The van der Waals surface area contributed by atoms with Gasteiger partial charge >= 0.3 is 0 Å². The van der Waals surface area contributed by atoms with Gasteiger partial charge in [0.2, 0.25) is 5.95 Å². The Labute approximate surface area is 108 Å². The lowest BCUT2D eigenvalue weighted by Gasteiger charge is -2.07. The van der Waals surface area contributed by atoms with E-state index in [0.29, 0.717) is 5.75 Å². The molecule has 4 nitrogen and oxygen atoms in total. The van der Waals surface area contributed by atoms with Crippen LogP contribution < -0.4 is 10.1 Å². The average Bonchev–Trinajstić information content (AvgIpc) is 2.41. The number of nitrogens with one attached hydrogen (secondary N) is 1. The summed E-state index contributed by atoms with van der Waals surface area (Å²) >= 11 is 0. The molecule has 2 aromatic rings. The molecule has 0 fully saturated rings. The van der Waals surface area contributed by atoms with Crippen molar-refractivity contribution in [1.82, 2.24) is 4.98 Å². The lowest BCUT2D eigenvalue weighted by atomic mass is 10.2. The van der Waals surface area contributed by atoms with Crippen LogP contribution in [-0.4, -0.2) is 18.0 Å². The summed E-state index contributed by atoms with van der Waals surface area (Å²) in [6, 6.07) is 7.70. The smallest absolute Gasteiger partial charge is 0.274 e. The maximum atomic E-state index is 13.5. The molecule has 0 unspecified atom stereocenters. The Morgan fingerprint density at radius 3 is 2.74 bits per heavy atom. The zero-order valence-electron chi connectivity index (χ0n) is 9.98. The van der Waals surface area contributed by atoms with E-state index in [4.69, 9.17) is 4.74 Å². The molecule has 1 N–H and O–H groups in total. The van der Waals surface area contributed by atoms with Crippen molar-refractivity contribution in [2.75, 3.05) is 12.4 Å². The number of halogens is 2. The van der Waals surface area contributed by atoms with Crippen LogP contribution in [0.15, 0.2) is 36.4 Å². The first-order chi connectivity index (χ1) is 9.10. The predicted molar refractivity (Wildman–Crippen MR) is 65.1 cm³/mol. The van der Waals surface area contributed by atoms with E-state index in [-0.39, 0.29) is 11.4 Å². The van der Waals surface area contributed by atoms with E-state index in [1.165, 1.54) is 31.4 Å². The van der Waals surface area contributed by atoms with Crippen molar-refractivity contribution in [3.05, 3.63) is 53.9 Å². The standard InChI is InChI=1S/C13H10F2N2O2/c1-19-8-5-6-9(14)11(7-8)17-13(18)10-3-2-4-12(15)16-10/h2-7H,1H3,(H,17,18). The predicted octanol–water partition coefficient (Wildman–Crippen LogP) is 2.62. The molecule has 1 aromatic heterocycles. The minimum Gasteiger partial charge on any atom is -0.497 e. The van der Waals surface area contributed by atoms with Crippen molar-refractivity contribution in [2.24, 2.45) is 0 Å². The molecule has 0 spiro atoms. The molecule has 0 aliphatic heterocycles. The lowest BCUT2D eigenvalue weighted by Crippen LogP contribution is -2.15. The largest absolute Gasteiger partial charge is 0.497 e. The van der Waals surface area contributed by atoms with E-state index in [0.717, 1.165) is 12.1 Å². The summed E-state index contributed by atoms with van der Waals surface area (Å²) < 4.78 is 31.3. The van der Waals surface area contributed by atoms with E-state index < -0.39 is 17.7 Å². The Kier molecular flexibility index (Phi) is 3.70. The molecule has 1 aromatic carbocycles. The fraction of sp³-hybridized carbons (Fsp3) is 0.0769. The highest BCUT2D eigenvalue weighted by Gasteiger charge is 2.12. The van der Waals surface area contributed by atoms with Gasteiger partial charge in [0.05, 0.1) is 12.8 Å². The Morgan fingerprint density at radius 2 is 2.05 bits per heavy atom. The van der Waals surface area contributed by atoms with Gasteiger partial charge in [0.25, 0.3) is 5.91 Å². The van der Waals surface area contributed by atoms with Gasteiger partial charge < -0.3 is 10.1 Å². The van der Waals surface area contributed by atoms with Gasteiger partial charge in [0.15, 0.2) is 0 Å². The molecule has 0 aliphatic rings. The van der Waals surface area contributed by atoms with E-state index in [1.807, 2.05) is 0 Å². The van der Waals surface area contributed by atoms with Crippen LogP contribution >= 0.6 is 0 Å². The Balaban J connectivity index is 2.23. The van der Waals surface area contributed by atoms with Gasteiger partial charge in [-0.25, -0.2) is 9.37 Å². The molecule has 1 amide bonds. The molecule has 0 radical (unpaired) electrons. The first-order valence-corrected chi connectivity index (χ1v) is 5.37. The first-order valence-electron chi connectivity index (χ1n) is 5.37. The van der Waals surface area contributed by atoms with Crippen LogP contribution in [-0.2, 0) is 0 Å². The Morgan fingerprint density at radius 1 is 1.26 bits per heavy atom. The van der Waals surface area contributed by atoms with Crippen molar-refractivity contribution < 1.29 is 18.3 Å². The summed E-state index contributed by atoms with van der Waals surface area (Å²) in [5, 5.41) is 2.31. The third kappa shape index (κ3) is 3.04. The highest BCUT2D eigenvalue weighted by atomic mass is 19.1. The number of benzene rings is 1. The number of pyridine rings is 1. The number of amides is 1. The second-order valence-electron chi connectivity index (χ2n) is 3.65. The SMILES string of the molecule is COc1ccc(F)c(NC(=O)c2cccc(F)n2)c1. The summed E-state index contributed by atoms with van der Waals surface area (Å²) in [4.78, 5) is 15.2. The van der Waals surface area contributed by atoms with Gasteiger partial charge in [-0.2, -0.15) is 4.39 Å². The van der Waals surface area contributed by atoms with E-state index >= 15 is 0 Å². The van der Waals surface area contributed by atoms with Crippen molar-refractivity contribution >= 4 is 11.6 Å². The Bertz CT molecular complexity index is 617.